The molecule has 84 valence electrons. The Morgan fingerprint density at radius 2 is 1.50 bits per heavy atom. The number of hydrogen-bond acceptors (Lipinski definition) is 2. The number of rotatable bonds is 9. The zero-order valence-electron chi connectivity index (χ0n) is 9.17. The van der Waals surface area contributed by atoms with Crippen molar-refractivity contribution in [3.8, 4) is 0 Å². The Balaban J connectivity index is 3.26. The molecule has 0 radical (unpaired) electrons. The van der Waals surface area contributed by atoms with Crippen molar-refractivity contribution >= 4 is 9.84 Å². The molecule has 0 atom stereocenters. The fourth-order valence-corrected chi connectivity index (χ4v) is 2.12. The third-order valence-electron chi connectivity index (χ3n) is 2.29. The standard InChI is InChI=1S/C11H22O2S/c1-3-5-6-7-8-9-10-11-14(12,13)4-2/h4H,2-3,5-11H2,1H3. The van der Waals surface area contributed by atoms with Gasteiger partial charge in [0.05, 0.1) is 5.75 Å². The predicted octanol–water partition coefficient (Wildman–Crippen LogP) is 3.30. The molecule has 0 heterocycles. The molecule has 3 heteroatoms. The van der Waals surface area contributed by atoms with Crippen LogP contribution in [0.1, 0.15) is 51.9 Å². The molecule has 0 aliphatic rings. The van der Waals surface area contributed by atoms with Crippen molar-refractivity contribution in [2.45, 2.75) is 51.9 Å². The molecule has 0 unspecified atom stereocenters. The molecule has 0 aliphatic carbocycles. The van der Waals surface area contributed by atoms with Gasteiger partial charge >= 0.3 is 0 Å². The quantitative estimate of drug-likeness (QED) is 0.556. The highest BCUT2D eigenvalue weighted by Gasteiger charge is 2.03. The van der Waals surface area contributed by atoms with Gasteiger partial charge in [0.25, 0.3) is 0 Å². The third-order valence-corrected chi connectivity index (χ3v) is 3.65. The van der Waals surface area contributed by atoms with Gasteiger partial charge in [0.2, 0.25) is 0 Å². The molecule has 0 N–H and O–H groups in total. The predicted molar refractivity (Wildman–Crippen MR) is 62.0 cm³/mol. The monoisotopic (exact) mass is 218 g/mol. The minimum Gasteiger partial charge on any atom is -0.224 e. The van der Waals surface area contributed by atoms with Crippen LogP contribution in [-0.2, 0) is 9.84 Å². The van der Waals surface area contributed by atoms with Gasteiger partial charge in [-0.15, -0.1) is 0 Å². The number of sulfone groups is 1. The Hall–Kier alpha value is -0.310. The molecular formula is C11H22O2S. The van der Waals surface area contributed by atoms with Crippen LogP contribution in [0.15, 0.2) is 12.0 Å². The lowest BCUT2D eigenvalue weighted by Crippen LogP contribution is -2.01. The average Bonchev–Trinajstić information content (AvgIpc) is 2.16. The van der Waals surface area contributed by atoms with Crippen molar-refractivity contribution in [2.75, 3.05) is 5.75 Å². The fraction of sp³-hybridized carbons (Fsp3) is 0.818. The molecule has 0 aromatic heterocycles. The van der Waals surface area contributed by atoms with Crippen LogP contribution in [0.2, 0.25) is 0 Å². The van der Waals surface area contributed by atoms with Crippen molar-refractivity contribution in [1.82, 2.24) is 0 Å². The molecule has 0 aliphatic heterocycles. The van der Waals surface area contributed by atoms with Gasteiger partial charge in [-0.1, -0.05) is 52.0 Å². The van der Waals surface area contributed by atoms with E-state index in [1.165, 1.54) is 25.7 Å². The van der Waals surface area contributed by atoms with Gasteiger partial charge < -0.3 is 0 Å². The Kier molecular flexibility index (Phi) is 7.86. The van der Waals surface area contributed by atoms with Crippen LogP contribution in [0.5, 0.6) is 0 Å². The molecule has 0 saturated heterocycles. The van der Waals surface area contributed by atoms with E-state index in [2.05, 4.69) is 13.5 Å². The Bertz CT molecular complexity index is 230. The van der Waals surface area contributed by atoms with E-state index in [0.717, 1.165) is 24.7 Å². The largest absolute Gasteiger partial charge is 0.224 e. The molecule has 0 spiro atoms. The van der Waals surface area contributed by atoms with Crippen LogP contribution < -0.4 is 0 Å². The van der Waals surface area contributed by atoms with E-state index in [1.54, 1.807) is 0 Å². The van der Waals surface area contributed by atoms with E-state index in [0.29, 0.717) is 0 Å². The second kappa shape index (κ2) is 8.04. The highest BCUT2D eigenvalue weighted by molar-refractivity contribution is 7.94. The summed E-state index contributed by atoms with van der Waals surface area (Å²) in [6.45, 7) is 5.47. The summed E-state index contributed by atoms with van der Waals surface area (Å²) in [5.41, 5.74) is 0. The van der Waals surface area contributed by atoms with E-state index in [4.69, 9.17) is 0 Å². The first-order chi connectivity index (χ1) is 6.62. The second-order valence-corrected chi connectivity index (χ2v) is 5.72. The summed E-state index contributed by atoms with van der Waals surface area (Å²) in [6, 6.07) is 0. The zero-order chi connectivity index (χ0) is 10.9. The third kappa shape index (κ3) is 8.30. The first kappa shape index (κ1) is 13.7. The molecule has 0 aromatic rings. The molecule has 0 saturated carbocycles. The van der Waals surface area contributed by atoms with Crippen LogP contribution in [0, 0.1) is 0 Å². The molecule has 0 bridgehead atoms. The van der Waals surface area contributed by atoms with Crippen LogP contribution in [0.25, 0.3) is 0 Å². The van der Waals surface area contributed by atoms with E-state index in [9.17, 15) is 8.42 Å². The Morgan fingerprint density at radius 3 is 2.00 bits per heavy atom. The summed E-state index contributed by atoms with van der Waals surface area (Å²) < 4.78 is 22.0. The van der Waals surface area contributed by atoms with Crippen molar-refractivity contribution in [1.29, 1.82) is 0 Å². The van der Waals surface area contributed by atoms with E-state index >= 15 is 0 Å². The van der Waals surface area contributed by atoms with Gasteiger partial charge in [-0.2, -0.15) is 0 Å². The van der Waals surface area contributed by atoms with Crippen LogP contribution in [-0.4, -0.2) is 14.2 Å². The van der Waals surface area contributed by atoms with Crippen LogP contribution >= 0.6 is 0 Å². The number of unbranched alkanes of at least 4 members (excludes halogenated alkanes) is 6. The smallest absolute Gasteiger partial charge is 0.171 e. The number of hydrogen-bond donors (Lipinski definition) is 0. The highest BCUT2D eigenvalue weighted by atomic mass is 32.2. The van der Waals surface area contributed by atoms with Gasteiger partial charge in [0.15, 0.2) is 9.84 Å². The van der Waals surface area contributed by atoms with Gasteiger partial charge in [0.1, 0.15) is 0 Å². The SMILES string of the molecule is C=CS(=O)(=O)CCCCCCCCC. The second-order valence-electron chi connectivity index (χ2n) is 3.65. The van der Waals surface area contributed by atoms with Crippen LogP contribution in [0.4, 0.5) is 0 Å². The van der Waals surface area contributed by atoms with Gasteiger partial charge in [-0.05, 0) is 6.42 Å². The van der Waals surface area contributed by atoms with Crippen molar-refractivity contribution < 1.29 is 8.42 Å². The van der Waals surface area contributed by atoms with E-state index < -0.39 is 9.84 Å². The van der Waals surface area contributed by atoms with Crippen molar-refractivity contribution in [2.24, 2.45) is 0 Å². The molecule has 0 rings (SSSR count). The maximum atomic E-state index is 11.0. The molecule has 0 aromatic carbocycles. The normalized spacial score (nSPS) is 11.5. The van der Waals surface area contributed by atoms with Crippen molar-refractivity contribution in [3.63, 3.8) is 0 Å². The molecule has 14 heavy (non-hydrogen) atoms. The Morgan fingerprint density at radius 1 is 1.00 bits per heavy atom. The van der Waals surface area contributed by atoms with Gasteiger partial charge in [0, 0.05) is 5.41 Å². The van der Waals surface area contributed by atoms with E-state index in [1.807, 2.05) is 0 Å². The first-order valence-corrected chi connectivity index (χ1v) is 7.19. The molecule has 0 fully saturated rings. The van der Waals surface area contributed by atoms with Crippen molar-refractivity contribution in [3.05, 3.63) is 12.0 Å². The topological polar surface area (TPSA) is 34.1 Å². The highest BCUT2D eigenvalue weighted by Crippen LogP contribution is 2.08. The van der Waals surface area contributed by atoms with E-state index in [-0.39, 0.29) is 5.75 Å². The zero-order valence-corrected chi connectivity index (χ0v) is 9.98. The summed E-state index contributed by atoms with van der Waals surface area (Å²) in [6.07, 6.45) is 8.03. The first-order valence-electron chi connectivity index (χ1n) is 5.47. The minimum absolute atomic E-state index is 0.268. The lowest BCUT2D eigenvalue weighted by molar-refractivity contribution is 0.584. The summed E-state index contributed by atoms with van der Waals surface area (Å²) >= 11 is 0. The molecular weight excluding hydrogens is 196 g/mol. The lowest BCUT2D eigenvalue weighted by Gasteiger charge is -2.00. The molecule has 2 nitrogen and oxygen atoms in total. The maximum absolute atomic E-state index is 11.0. The lowest BCUT2D eigenvalue weighted by atomic mass is 10.1. The maximum Gasteiger partial charge on any atom is 0.171 e. The minimum atomic E-state index is -2.95. The summed E-state index contributed by atoms with van der Waals surface area (Å²) in [4.78, 5) is 0. The van der Waals surface area contributed by atoms with Gasteiger partial charge in [-0.3, -0.25) is 0 Å². The summed E-state index contributed by atoms with van der Waals surface area (Å²) in [5, 5.41) is 1.06. The van der Waals surface area contributed by atoms with Crippen LogP contribution in [0.3, 0.4) is 0 Å². The molecule has 0 amide bonds. The average molecular weight is 218 g/mol. The summed E-state index contributed by atoms with van der Waals surface area (Å²) in [7, 11) is -2.95. The Labute approximate surface area is 88.3 Å². The summed E-state index contributed by atoms with van der Waals surface area (Å²) in [5.74, 6) is 0.268. The fourth-order valence-electron chi connectivity index (χ4n) is 1.34. The van der Waals surface area contributed by atoms with Gasteiger partial charge in [-0.25, -0.2) is 8.42 Å².